The third kappa shape index (κ3) is 5.16. The molecule has 0 aromatic heterocycles. The van der Waals surface area contributed by atoms with Crippen LogP contribution >= 0.6 is 0 Å². The summed E-state index contributed by atoms with van der Waals surface area (Å²) < 4.78 is 15.8. The van der Waals surface area contributed by atoms with Crippen LogP contribution < -0.4 is 24.8 Å². The second kappa shape index (κ2) is 9.78. The molecule has 0 spiro atoms. The number of hydrogen-bond donors (Lipinski definition) is 3. The molecule has 3 N–H and O–H groups in total. The third-order valence-electron chi connectivity index (χ3n) is 4.94. The Labute approximate surface area is 194 Å². The monoisotopic (exact) mass is 460 g/mol. The lowest BCUT2D eigenvalue weighted by Crippen LogP contribution is -2.30. The molecule has 4 rings (SSSR count). The van der Waals surface area contributed by atoms with Crippen molar-refractivity contribution in [1.82, 2.24) is 5.32 Å². The Morgan fingerprint density at radius 2 is 1.59 bits per heavy atom. The van der Waals surface area contributed by atoms with E-state index in [0.717, 1.165) is 0 Å². The predicted molar refractivity (Wildman–Crippen MR) is 123 cm³/mol. The fourth-order valence-electron chi connectivity index (χ4n) is 3.16. The lowest BCUT2D eigenvalue weighted by atomic mass is 10.1. The molecule has 2 amide bonds. The zero-order valence-corrected chi connectivity index (χ0v) is 18.0. The summed E-state index contributed by atoms with van der Waals surface area (Å²) in [6.07, 6.45) is 1.50. The van der Waals surface area contributed by atoms with Crippen LogP contribution in [-0.2, 0) is 4.79 Å². The zero-order valence-electron chi connectivity index (χ0n) is 18.0. The van der Waals surface area contributed by atoms with Crippen molar-refractivity contribution in [2.24, 2.45) is 0 Å². The van der Waals surface area contributed by atoms with E-state index in [0.29, 0.717) is 34.1 Å². The Morgan fingerprint density at radius 1 is 0.912 bits per heavy atom. The molecular formula is C25H20N2O7. The number of nitrogens with one attached hydrogen (secondary N) is 2. The number of hydrogen-bond acceptors (Lipinski definition) is 6. The molecule has 1 aliphatic heterocycles. The van der Waals surface area contributed by atoms with Gasteiger partial charge in [0.1, 0.15) is 11.4 Å². The van der Waals surface area contributed by atoms with Crippen LogP contribution in [-0.4, -0.2) is 36.8 Å². The first-order valence-corrected chi connectivity index (χ1v) is 10.1. The van der Waals surface area contributed by atoms with Crippen molar-refractivity contribution in [3.05, 3.63) is 89.1 Å². The SMILES string of the molecule is COc1ccc(C(=O)NC(=Cc2ccc3c(c2)OCO3)C(=O)Nc2ccc(C(=O)O)cc2)cc1. The minimum absolute atomic E-state index is 0.0259. The number of fused-ring (bicyclic) bond motifs is 1. The molecule has 0 fully saturated rings. The van der Waals surface area contributed by atoms with E-state index in [-0.39, 0.29) is 18.1 Å². The van der Waals surface area contributed by atoms with Crippen molar-refractivity contribution >= 4 is 29.5 Å². The molecule has 9 heteroatoms. The van der Waals surface area contributed by atoms with E-state index in [1.165, 1.54) is 37.5 Å². The molecule has 3 aromatic carbocycles. The van der Waals surface area contributed by atoms with Crippen LogP contribution in [0.1, 0.15) is 26.3 Å². The van der Waals surface area contributed by atoms with Crippen LogP contribution in [0.25, 0.3) is 6.08 Å². The summed E-state index contributed by atoms with van der Waals surface area (Å²) in [7, 11) is 1.52. The fourth-order valence-corrected chi connectivity index (χ4v) is 3.16. The first kappa shape index (κ1) is 22.4. The first-order valence-electron chi connectivity index (χ1n) is 10.1. The Bertz CT molecular complexity index is 1270. The van der Waals surface area contributed by atoms with Crippen molar-refractivity contribution in [2.45, 2.75) is 0 Å². The largest absolute Gasteiger partial charge is 0.497 e. The van der Waals surface area contributed by atoms with Crippen molar-refractivity contribution in [1.29, 1.82) is 0 Å². The normalized spacial score (nSPS) is 12.1. The third-order valence-corrected chi connectivity index (χ3v) is 4.94. The number of methoxy groups -OCH3 is 1. The topological polar surface area (TPSA) is 123 Å². The quantitative estimate of drug-likeness (QED) is 0.461. The Hall–Kier alpha value is -4.79. The Morgan fingerprint density at radius 3 is 2.26 bits per heavy atom. The molecule has 3 aromatic rings. The number of ether oxygens (including phenoxy) is 3. The number of rotatable bonds is 7. The van der Waals surface area contributed by atoms with Gasteiger partial charge in [0.25, 0.3) is 11.8 Å². The fraction of sp³-hybridized carbons (Fsp3) is 0.0800. The van der Waals surface area contributed by atoms with Gasteiger partial charge in [0, 0.05) is 11.3 Å². The van der Waals surface area contributed by atoms with E-state index in [2.05, 4.69) is 10.6 Å². The van der Waals surface area contributed by atoms with Gasteiger partial charge in [0.15, 0.2) is 11.5 Å². The van der Waals surface area contributed by atoms with Crippen LogP contribution in [0.2, 0.25) is 0 Å². The smallest absolute Gasteiger partial charge is 0.335 e. The van der Waals surface area contributed by atoms with E-state index < -0.39 is 17.8 Å². The summed E-state index contributed by atoms with van der Waals surface area (Å²) in [4.78, 5) is 36.9. The second-order valence-corrected chi connectivity index (χ2v) is 7.19. The maximum atomic E-state index is 13.1. The highest BCUT2D eigenvalue weighted by atomic mass is 16.7. The van der Waals surface area contributed by atoms with Gasteiger partial charge >= 0.3 is 5.97 Å². The van der Waals surface area contributed by atoms with Crippen molar-refractivity contribution in [2.75, 3.05) is 19.2 Å². The number of aromatic carboxylic acids is 1. The molecule has 0 saturated heterocycles. The van der Waals surface area contributed by atoms with E-state index in [1.54, 1.807) is 42.5 Å². The minimum Gasteiger partial charge on any atom is -0.497 e. The molecule has 0 unspecified atom stereocenters. The van der Waals surface area contributed by atoms with Gasteiger partial charge in [-0.05, 0) is 72.3 Å². The van der Waals surface area contributed by atoms with Gasteiger partial charge in [-0.2, -0.15) is 0 Å². The molecule has 0 aliphatic carbocycles. The Kier molecular flexibility index (Phi) is 6.45. The molecule has 0 bridgehead atoms. The van der Waals surface area contributed by atoms with E-state index in [1.807, 2.05) is 0 Å². The summed E-state index contributed by atoms with van der Waals surface area (Å²) in [5, 5.41) is 14.4. The van der Waals surface area contributed by atoms with Crippen LogP contribution in [0.5, 0.6) is 17.2 Å². The average Bonchev–Trinajstić information content (AvgIpc) is 3.32. The number of amides is 2. The predicted octanol–water partition coefficient (Wildman–Crippen LogP) is 3.53. The highest BCUT2D eigenvalue weighted by Crippen LogP contribution is 2.33. The van der Waals surface area contributed by atoms with Crippen LogP contribution in [0.4, 0.5) is 5.69 Å². The Balaban J connectivity index is 1.60. The molecule has 0 saturated carbocycles. The molecule has 0 atom stereocenters. The molecule has 9 nitrogen and oxygen atoms in total. The number of benzene rings is 3. The van der Waals surface area contributed by atoms with Crippen LogP contribution in [0, 0.1) is 0 Å². The highest BCUT2D eigenvalue weighted by molar-refractivity contribution is 6.10. The summed E-state index contributed by atoms with van der Waals surface area (Å²) in [5.74, 6) is -0.458. The summed E-state index contributed by atoms with van der Waals surface area (Å²) in [5.41, 5.74) is 1.36. The van der Waals surface area contributed by atoms with Crippen molar-refractivity contribution < 1.29 is 33.7 Å². The van der Waals surface area contributed by atoms with E-state index in [9.17, 15) is 14.4 Å². The zero-order chi connectivity index (χ0) is 24.1. The minimum atomic E-state index is -1.08. The van der Waals surface area contributed by atoms with Crippen molar-refractivity contribution in [3.63, 3.8) is 0 Å². The summed E-state index contributed by atoms with van der Waals surface area (Å²) in [6, 6.07) is 17.2. The van der Waals surface area contributed by atoms with Gasteiger partial charge < -0.3 is 30.0 Å². The van der Waals surface area contributed by atoms with Gasteiger partial charge in [-0.1, -0.05) is 6.07 Å². The van der Waals surface area contributed by atoms with E-state index >= 15 is 0 Å². The standard InChI is InChI=1S/C25H20N2O7/c1-32-19-9-5-16(6-10-19)23(28)27-20(12-15-2-11-21-22(13-15)34-14-33-21)24(29)26-18-7-3-17(4-8-18)25(30)31/h2-13H,14H2,1H3,(H,26,29)(H,27,28)(H,30,31). The number of carboxylic acids is 1. The molecule has 0 radical (unpaired) electrons. The van der Waals surface area contributed by atoms with Crippen molar-refractivity contribution in [3.8, 4) is 17.2 Å². The first-order chi connectivity index (χ1) is 16.4. The van der Waals surface area contributed by atoms with Gasteiger partial charge in [-0.25, -0.2) is 4.79 Å². The summed E-state index contributed by atoms with van der Waals surface area (Å²) in [6.45, 7) is 0.108. The molecule has 172 valence electrons. The van der Waals surface area contributed by atoms with Gasteiger partial charge in [0.2, 0.25) is 6.79 Å². The van der Waals surface area contributed by atoms with E-state index in [4.69, 9.17) is 19.3 Å². The van der Waals surface area contributed by atoms with Crippen LogP contribution in [0.15, 0.2) is 72.4 Å². The molecule has 1 aliphatic rings. The van der Waals surface area contributed by atoms with Crippen LogP contribution in [0.3, 0.4) is 0 Å². The summed E-state index contributed by atoms with van der Waals surface area (Å²) >= 11 is 0. The maximum absolute atomic E-state index is 13.1. The molecule has 34 heavy (non-hydrogen) atoms. The molecular weight excluding hydrogens is 440 g/mol. The maximum Gasteiger partial charge on any atom is 0.335 e. The molecule has 1 heterocycles. The van der Waals surface area contributed by atoms with Gasteiger partial charge in [-0.15, -0.1) is 0 Å². The second-order valence-electron chi connectivity index (χ2n) is 7.19. The van der Waals surface area contributed by atoms with Gasteiger partial charge in [0.05, 0.1) is 12.7 Å². The van der Waals surface area contributed by atoms with Gasteiger partial charge in [-0.3, -0.25) is 9.59 Å². The lowest BCUT2D eigenvalue weighted by Gasteiger charge is -2.12. The average molecular weight is 460 g/mol. The number of carbonyl (C=O) groups is 3. The highest BCUT2D eigenvalue weighted by Gasteiger charge is 2.17. The number of carbonyl (C=O) groups excluding carboxylic acids is 2. The number of carboxylic acid groups (broad SMARTS) is 1. The lowest BCUT2D eigenvalue weighted by molar-refractivity contribution is -0.113. The number of anilines is 1.